The van der Waals surface area contributed by atoms with Gasteiger partial charge in [0.25, 0.3) is 0 Å². The second-order valence-corrected chi connectivity index (χ2v) is 5.44. The molecule has 3 rings (SSSR count). The molecule has 3 aromatic rings. The fraction of sp³-hybridized carbons (Fsp3) is 0.100. The van der Waals surface area contributed by atoms with Crippen LogP contribution in [0.4, 0.5) is 5.82 Å². The zero-order chi connectivity index (χ0) is 17.5. The van der Waals surface area contributed by atoms with Gasteiger partial charge in [0.1, 0.15) is 12.1 Å². The van der Waals surface area contributed by atoms with Crippen LogP contribution in [0.15, 0.2) is 60.7 Å². The highest BCUT2D eigenvalue weighted by Crippen LogP contribution is 2.17. The van der Waals surface area contributed by atoms with Crippen LogP contribution in [0.3, 0.4) is 0 Å². The van der Waals surface area contributed by atoms with Gasteiger partial charge in [0.05, 0.1) is 5.69 Å². The van der Waals surface area contributed by atoms with E-state index in [-0.39, 0.29) is 11.4 Å². The summed E-state index contributed by atoms with van der Waals surface area (Å²) in [5.74, 6) is 0.333. The predicted molar refractivity (Wildman–Crippen MR) is 94.5 cm³/mol. The number of nitrogens with zero attached hydrogens (tertiary/aromatic N) is 4. The number of nitriles is 2. The third-order valence-electron chi connectivity index (χ3n) is 3.70. The van der Waals surface area contributed by atoms with E-state index in [0.29, 0.717) is 24.5 Å². The van der Waals surface area contributed by atoms with E-state index in [2.05, 4.69) is 27.4 Å². The van der Waals surface area contributed by atoms with Gasteiger partial charge in [-0.25, -0.2) is 9.97 Å². The minimum atomic E-state index is 0.195. The minimum absolute atomic E-state index is 0.195. The summed E-state index contributed by atoms with van der Waals surface area (Å²) in [6.07, 6.45) is 0.463. The molecular weight excluding hydrogens is 310 g/mol. The average molecular weight is 325 g/mol. The average Bonchev–Trinajstić information content (AvgIpc) is 2.68. The maximum atomic E-state index is 9.41. The molecule has 1 N–H and O–H groups in total. The zero-order valence-electron chi connectivity index (χ0n) is 13.5. The Balaban J connectivity index is 1.87. The molecule has 0 atom stereocenters. The number of benzene rings is 2. The fourth-order valence-corrected chi connectivity index (χ4v) is 2.45. The lowest BCUT2D eigenvalue weighted by Gasteiger charge is -2.10. The van der Waals surface area contributed by atoms with Crippen LogP contribution in [-0.2, 0) is 13.0 Å². The van der Waals surface area contributed by atoms with Gasteiger partial charge in [0.2, 0.25) is 0 Å². The normalized spacial score (nSPS) is 9.84. The molecule has 0 saturated heterocycles. The minimum Gasteiger partial charge on any atom is -0.364 e. The van der Waals surface area contributed by atoms with E-state index in [0.717, 1.165) is 11.1 Å². The van der Waals surface area contributed by atoms with Crippen molar-refractivity contribution < 1.29 is 0 Å². The quantitative estimate of drug-likeness (QED) is 0.777. The van der Waals surface area contributed by atoms with Crippen LogP contribution < -0.4 is 5.32 Å². The third kappa shape index (κ3) is 3.99. The molecule has 1 aromatic heterocycles. The summed E-state index contributed by atoms with van der Waals surface area (Å²) in [6.45, 7) is 0.507. The molecule has 0 fully saturated rings. The van der Waals surface area contributed by atoms with Crippen LogP contribution in [0.2, 0.25) is 0 Å². The summed E-state index contributed by atoms with van der Waals surface area (Å²) in [6, 6.07) is 23.6. The topological polar surface area (TPSA) is 85.4 Å². The Labute approximate surface area is 146 Å². The van der Waals surface area contributed by atoms with E-state index in [9.17, 15) is 10.5 Å². The van der Waals surface area contributed by atoms with Gasteiger partial charge in [0.15, 0.2) is 17.2 Å². The van der Waals surface area contributed by atoms with Crippen LogP contribution in [0.1, 0.15) is 28.2 Å². The van der Waals surface area contributed by atoms with Crippen molar-refractivity contribution in [1.29, 1.82) is 10.5 Å². The molecule has 0 aliphatic carbocycles. The number of hydrogen-bond donors (Lipinski definition) is 1. The van der Waals surface area contributed by atoms with Gasteiger partial charge in [0, 0.05) is 13.0 Å². The van der Waals surface area contributed by atoms with Crippen LogP contribution >= 0.6 is 0 Å². The molecule has 0 spiro atoms. The van der Waals surface area contributed by atoms with E-state index in [1.54, 1.807) is 0 Å². The molecular formula is C20H15N5. The van der Waals surface area contributed by atoms with Gasteiger partial charge < -0.3 is 5.32 Å². The summed E-state index contributed by atoms with van der Waals surface area (Å²) in [5.41, 5.74) is 3.01. The highest BCUT2D eigenvalue weighted by molar-refractivity contribution is 5.51. The molecule has 0 unspecified atom stereocenters. The highest BCUT2D eigenvalue weighted by Gasteiger charge is 2.14. The van der Waals surface area contributed by atoms with Crippen LogP contribution in [-0.4, -0.2) is 9.97 Å². The summed E-state index contributed by atoms with van der Waals surface area (Å²) in [4.78, 5) is 8.68. The molecule has 2 aromatic carbocycles. The molecule has 0 radical (unpaired) electrons. The largest absolute Gasteiger partial charge is 0.364 e. The van der Waals surface area contributed by atoms with E-state index >= 15 is 0 Å². The first kappa shape index (κ1) is 16.2. The van der Waals surface area contributed by atoms with E-state index in [4.69, 9.17) is 0 Å². The lowest BCUT2D eigenvalue weighted by atomic mass is 10.1. The van der Waals surface area contributed by atoms with Crippen molar-refractivity contribution in [2.45, 2.75) is 13.0 Å². The maximum Gasteiger partial charge on any atom is 0.183 e. The van der Waals surface area contributed by atoms with Crippen molar-refractivity contribution in [2.75, 3.05) is 5.32 Å². The van der Waals surface area contributed by atoms with Gasteiger partial charge in [-0.2, -0.15) is 10.5 Å². The second-order valence-electron chi connectivity index (χ2n) is 5.44. The monoisotopic (exact) mass is 325 g/mol. The zero-order valence-corrected chi connectivity index (χ0v) is 13.5. The summed E-state index contributed by atoms with van der Waals surface area (Å²) in [7, 11) is 0. The SMILES string of the molecule is N#Cc1nc(NCc2ccccc2)c(C#N)nc1Cc1ccccc1. The Kier molecular flexibility index (Phi) is 4.99. The lowest BCUT2D eigenvalue weighted by Crippen LogP contribution is -2.09. The molecule has 0 saturated carbocycles. The number of nitrogens with one attached hydrogen (secondary N) is 1. The molecule has 0 amide bonds. The Morgan fingerprint density at radius 2 is 1.36 bits per heavy atom. The molecule has 5 nitrogen and oxygen atoms in total. The molecule has 0 aliphatic rings. The molecule has 1 heterocycles. The van der Waals surface area contributed by atoms with Gasteiger partial charge in [-0.1, -0.05) is 60.7 Å². The Morgan fingerprint density at radius 3 is 1.96 bits per heavy atom. The van der Waals surface area contributed by atoms with Crippen molar-refractivity contribution >= 4 is 5.82 Å². The lowest BCUT2D eigenvalue weighted by molar-refractivity contribution is 0.981. The van der Waals surface area contributed by atoms with Gasteiger partial charge in [-0.15, -0.1) is 0 Å². The van der Waals surface area contributed by atoms with Crippen LogP contribution in [0.5, 0.6) is 0 Å². The molecule has 5 heteroatoms. The van der Waals surface area contributed by atoms with Gasteiger partial charge in [-0.3, -0.25) is 0 Å². The summed E-state index contributed by atoms with van der Waals surface area (Å²) >= 11 is 0. The van der Waals surface area contributed by atoms with Crippen molar-refractivity contribution in [2.24, 2.45) is 0 Å². The summed E-state index contributed by atoms with van der Waals surface area (Å²) in [5, 5.41) is 21.9. The molecule has 120 valence electrons. The first-order chi connectivity index (χ1) is 12.3. The fourth-order valence-electron chi connectivity index (χ4n) is 2.45. The van der Waals surface area contributed by atoms with Gasteiger partial charge >= 0.3 is 0 Å². The second kappa shape index (κ2) is 7.72. The smallest absolute Gasteiger partial charge is 0.183 e. The maximum absolute atomic E-state index is 9.41. The Morgan fingerprint density at radius 1 is 0.760 bits per heavy atom. The molecule has 25 heavy (non-hydrogen) atoms. The van der Waals surface area contributed by atoms with Crippen molar-refractivity contribution in [3.8, 4) is 12.1 Å². The third-order valence-corrected chi connectivity index (χ3v) is 3.70. The highest BCUT2D eigenvalue weighted by atomic mass is 15.0. The van der Waals surface area contributed by atoms with Crippen molar-refractivity contribution in [3.63, 3.8) is 0 Å². The first-order valence-electron chi connectivity index (χ1n) is 7.83. The first-order valence-corrected chi connectivity index (χ1v) is 7.83. The standard InChI is InChI=1S/C20H15N5/c21-12-18-17(11-15-7-3-1-4-8-15)24-19(13-22)20(25-18)23-14-16-9-5-2-6-10-16/h1-10H,11,14H2,(H,23,25). The van der Waals surface area contributed by atoms with E-state index in [1.165, 1.54) is 0 Å². The number of anilines is 1. The Bertz CT molecular complexity index is 938. The number of aromatic nitrogens is 2. The van der Waals surface area contributed by atoms with Crippen LogP contribution in [0, 0.1) is 22.7 Å². The van der Waals surface area contributed by atoms with Crippen LogP contribution in [0.25, 0.3) is 0 Å². The number of hydrogen-bond acceptors (Lipinski definition) is 5. The summed E-state index contributed by atoms with van der Waals surface area (Å²) < 4.78 is 0. The van der Waals surface area contributed by atoms with Crippen molar-refractivity contribution in [3.05, 3.63) is 88.9 Å². The van der Waals surface area contributed by atoms with Crippen molar-refractivity contribution in [1.82, 2.24) is 9.97 Å². The Hall–Kier alpha value is -3.70. The predicted octanol–water partition coefficient (Wildman–Crippen LogP) is 3.42. The van der Waals surface area contributed by atoms with E-state index < -0.39 is 0 Å². The van der Waals surface area contributed by atoms with E-state index in [1.807, 2.05) is 60.7 Å². The van der Waals surface area contributed by atoms with Gasteiger partial charge in [-0.05, 0) is 11.1 Å². The number of rotatable bonds is 5. The molecule has 0 bridgehead atoms. The molecule has 0 aliphatic heterocycles.